The van der Waals surface area contributed by atoms with E-state index in [-0.39, 0.29) is 0 Å². The first kappa shape index (κ1) is 23.2. The summed E-state index contributed by atoms with van der Waals surface area (Å²) in [4.78, 5) is 0. The Labute approximate surface area is 196 Å². The molecule has 3 rings (SSSR count). The van der Waals surface area contributed by atoms with Gasteiger partial charge in [-0.2, -0.15) is 23.5 Å². The van der Waals surface area contributed by atoms with E-state index in [9.17, 15) is 0 Å². The maximum Gasteiger partial charge on any atom is 0.0751 e. The second-order valence-corrected chi connectivity index (χ2v) is 14.1. The Kier molecular flexibility index (Phi) is 12.0. The molecule has 0 aromatic heterocycles. The summed E-state index contributed by atoms with van der Waals surface area (Å²) >= 11 is 12.8. The molecular formula is C22H28S6. The second kappa shape index (κ2) is 14.5. The molecule has 0 nitrogen and oxygen atoms in total. The molecule has 1 saturated heterocycles. The summed E-state index contributed by atoms with van der Waals surface area (Å²) in [6.07, 6.45) is 0. The van der Waals surface area contributed by atoms with Crippen molar-refractivity contribution in [2.75, 3.05) is 46.0 Å². The highest BCUT2D eigenvalue weighted by atomic mass is 32.2. The van der Waals surface area contributed by atoms with Crippen molar-refractivity contribution >= 4 is 70.6 Å². The lowest BCUT2D eigenvalue weighted by Gasteiger charge is -2.18. The molecule has 0 N–H and O–H groups in total. The number of hydrogen-bond acceptors (Lipinski definition) is 6. The van der Waals surface area contributed by atoms with Crippen molar-refractivity contribution < 1.29 is 0 Å². The maximum absolute atomic E-state index is 2.29. The van der Waals surface area contributed by atoms with Crippen molar-refractivity contribution in [3.05, 3.63) is 71.8 Å². The van der Waals surface area contributed by atoms with Crippen LogP contribution >= 0.6 is 70.6 Å². The predicted octanol–water partition coefficient (Wildman–Crippen LogP) is 7.80. The van der Waals surface area contributed by atoms with Crippen LogP contribution in [0, 0.1) is 0 Å². The molecular weight excluding hydrogens is 457 g/mol. The van der Waals surface area contributed by atoms with Gasteiger partial charge in [-0.25, -0.2) is 0 Å². The fourth-order valence-electron chi connectivity index (χ4n) is 2.76. The Morgan fingerprint density at radius 2 is 0.750 bits per heavy atom. The number of hydrogen-bond donors (Lipinski definition) is 0. The molecule has 1 aliphatic rings. The van der Waals surface area contributed by atoms with E-state index in [4.69, 9.17) is 0 Å². The van der Waals surface area contributed by atoms with Crippen LogP contribution in [0.25, 0.3) is 0 Å². The molecule has 28 heavy (non-hydrogen) atoms. The predicted molar refractivity (Wildman–Crippen MR) is 143 cm³/mol. The van der Waals surface area contributed by atoms with Gasteiger partial charge in [0.05, 0.1) is 9.16 Å². The Morgan fingerprint density at radius 1 is 0.429 bits per heavy atom. The van der Waals surface area contributed by atoms with Gasteiger partial charge in [0.25, 0.3) is 0 Å². The SMILES string of the molecule is c1ccc(C2SCCSCCSC(c3ccccc3)SCCSCCS2)cc1. The van der Waals surface area contributed by atoms with Gasteiger partial charge < -0.3 is 0 Å². The molecule has 2 aromatic carbocycles. The van der Waals surface area contributed by atoms with Crippen LogP contribution in [-0.4, -0.2) is 46.0 Å². The second-order valence-electron chi connectivity index (χ2n) is 6.19. The fourth-order valence-corrected chi connectivity index (χ4v) is 10.8. The summed E-state index contributed by atoms with van der Waals surface area (Å²) < 4.78 is 1.17. The summed E-state index contributed by atoms with van der Waals surface area (Å²) in [7, 11) is 0. The van der Waals surface area contributed by atoms with Gasteiger partial charge in [-0.05, 0) is 11.1 Å². The third-order valence-corrected chi connectivity index (χ3v) is 12.8. The summed E-state index contributed by atoms with van der Waals surface area (Å²) in [5, 5.41) is 0. The van der Waals surface area contributed by atoms with Crippen LogP contribution in [0.4, 0.5) is 0 Å². The molecule has 0 spiro atoms. The minimum atomic E-state index is 0.585. The minimum absolute atomic E-state index is 0.585. The molecule has 0 unspecified atom stereocenters. The Hall–Kier alpha value is 0.540. The first-order valence-electron chi connectivity index (χ1n) is 9.65. The normalized spacial score (nSPS) is 23.9. The van der Waals surface area contributed by atoms with E-state index in [1.54, 1.807) is 0 Å². The van der Waals surface area contributed by atoms with E-state index < -0.39 is 0 Å². The zero-order chi connectivity index (χ0) is 19.3. The molecule has 1 fully saturated rings. The third kappa shape index (κ3) is 8.73. The van der Waals surface area contributed by atoms with Crippen LogP contribution < -0.4 is 0 Å². The zero-order valence-corrected chi connectivity index (χ0v) is 20.9. The zero-order valence-electron chi connectivity index (χ0n) is 16.0. The van der Waals surface area contributed by atoms with Gasteiger partial charge in [-0.15, -0.1) is 47.0 Å². The van der Waals surface area contributed by atoms with E-state index in [1.165, 1.54) is 57.1 Å². The molecule has 0 amide bonds. The highest BCUT2D eigenvalue weighted by molar-refractivity contribution is 8.18. The van der Waals surface area contributed by atoms with Crippen LogP contribution in [0.5, 0.6) is 0 Å². The molecule has 0 aliphatic carbocycles. The van der Waals surface area contributed by atoms with Crippen LogP contribution in [-0.2, 0) is 0 Å². The first-order chi connectivity index (χ1) is 13.9. The molecule has 0 radical (unpaired) electrons. The van der Waals surface area contributed by atoms with Crippen LogP contribution in [0.3, 0.4) is 0 Å². The van der Waals surface area contributed by atoms with Crippen molar-refractivity contribution in [3.8, 4) is 0 Å². The van der Waals surface area contributed by atoms with Gasteiger partial charge >= 0.3 is 0 Å². The lowest BCUT2D eigenvalue weighted by molar-refractivity contribution is 1.34. The summed E-state index contributed by atoms with van der Waals surface area (Å²) in [6.45, 7) is 0. The fraction of sp³-hybridized carbons (Fsp3) is 0.455. The van der Waals surface area contributed by atoms with Crippen molar-refractivity contribution in [2.45, 2.75) is 9.16 Å². The van der Waals surface area contributed by atoms with Gasteiger partial charge in [-0.3, -0.25) is 0 Å². The lowest BCUT2D eigenvalue weighted by Crippen LogP contribution is -2.00. The van der Waals surface area contributed by atoms with Gasteiger partial charge in [0, 0.05) is 46.0 Å². The molecule has 2 aromatic rings. The lowest BCUT2D eigenvalue weighted by atomic mass is 10.2. The standard InChI is InChI=1S/C22H28S6/c1-3-7-19(8-4-1)21-25-15-11-23-13-17-27-22(20-9-5-2-6-10-20)28-18-14-24-12-16-26-21/h1-10,21-22H,11-18H2. The average Bonchev–Trinajstić information content (AvgIpc) is 2.75. The van der Waals surface area contributed by atoms with Crippen molar-refractivity contribution in [3.63, 3.8) is 0 Å². The van der Waals surface area contributed by atoms with Crippen LogP contribution in [0.2, 0.25) is 0 Å². The topological polar surface area (TPSA) is 0 Å². The molecule has 1 aliphatic heterocycles. The van der Waals surface area contributed by atoms with E-state index in [1.807, 2.05) is 0 Å². The maximum atomic E-state index is 2.29. The smallest absolute Gasteiger partial charge is 0.0751 e. The molecule has 0 saturated carbocycles. The van der Waals surface area contributed by atoms with Gasteiger partial charge in [0.2, 0.25) is 0 Å². The minimum Gasteiger partial charge on any atom is -0.160 e. The van der Waals surface area contributed by atoms with E-state index >= 15 is 0 Å². The van der Waals surface area contributed by atoms with Crippen molar-refractivity contribution in [1.29, 1.82) is 0 Å². The van der Waals surface area contributed by atoms with Crippen molar-refractivity contribution in [1.82, 2.24) is 0 Å². The third-order valence-electron chi connectivity index (χ3n) is 4.13. The van der Waals surface area contributed by atoms with Crippen LogP contribution in [0.15, 0.2) is 60.7 Å². The van der Waals surface area contributed by atoms with E-state index in [0.717, 1.165) is 0 Å². The highest BCUT2D eigenvalue weighted by Gasteiger charge is 2.14. The average molecular weight is 485 g/mol. The number of thioether (sulfide) groups is 6. The van der Waals surface area contributed by atoms with Gasteiger partial charge in [0.15, 0.2) is 0 Å². The largest absolute Gasteiger partial charge is 0.160 e. The Balaban J connectivity index is 1.51. The van der Waals surface area contributed by atoms with Gasteiger partial charge in [-0.1, -0.05) is 60.7 Å². The Morgan fingerprint density at radius 3 is 1.07 bits per heavy atom. The van der Waals surface area contributed by atoms with Gasteiger partial charge in [0.1, 0.15) is 0 Å². The van der Waals surface area contributed by atoms with E-state index in [0.29, 0.717) is 9.16 Å². The van der Waals surface area contributed by atoms with Crippen molar-refractivity contribution in [2.24, 2.45) is 0 Å². The monoisotopic (exact) mass is 484 g/mol. The molecule has 1 heterocycles. The Bertz CT molecular complexity index is 562. The molecule has 6 heteroatoms. The first-order valence-corrected chi connectivity index (χ1v) is 16.2. The summed E-state index contributed by atoms with van der Waals surface area (Å²) in [5.74, 6) is 10.00. The van der Waals surface area contributed by atoms with Crippen LogP contribution in [0.1, 0.15) is 20.3 Å². The van der Waals surface area contributed by atoms with E-state index in [2.05, 4.69) is 131 Å². The number of rotatable bonds is 2. The summed E-state index contributed by atoms with van der Waals surface area (Å²) in [6, 6.07) is 22.1. The molecule has 0 atom stereocenters. The number of benzene rings is 2. The highest BCUT2D eigenvalue weighted by Crippen LogP contribution is 2.42. The summed E-state index contributed by atoms with van der Waals surface area (Å²) in [5.41, 5.74) is 2.95. The molecule has 0 bridgehead atoms. The molecule has 152 valence electrons. The quantitative estimate of drug-likeness (QED) is 0.423.